The van der Waals surface area contributed by atoms with E-state index in [4.69, 9.17) is 4.74 Å². The average molecular weight is 317 g/mol. The standard InChI is InChI=1S/C12H14BrFN2O2/c13-10-5-9(14)2-1-8(10)6-16-12(17)11-7-18-4-3-15-11/h1-2,5,11,15H,3-4,6-7H2,(H,16,17). The molecule has 0 aromatic heterocycles. The summed E-state index contributed by atoms with van der Waals surface area (Å²) < 4.78 is 18.8. The highest BCUT2D eigenvalue weighted by Crippen LogP contribution is 2.17. The Labute approximate surface area is 113 Å². The van der Waals surface area contributed by atoms with Gasteiger partial charge in [-0.05, 0) is 17.7 Å². The minimum atomic E-state index is -0.307. The zero-order chi connectivity index (χ0) is 13.0. The fraction of sp³-hybridized carbons (Fsp3) is 0.417. The topological polar surface area (TPSA) is 50.4 Å². The predicted octanol–water partition coefficient (Wildman–Crippen LogP) is 1.19. The molecule has 2 rings (SSSR count). The maximum Gasteiger partial charge on any atom is 0.239 e. The van der Waals surface area contributed by atoms with Crippen molar-refractivity contribution >= 4 is 21.8 Å². The number of amides is 1. The van der Waals surface area contributed by atoms with Crippen molar-refractivity contribution in [3.05, 3.63) is 34.1 Å². The number of nitrogens with one attached hydrogen (secondary N) is 2. The monoisotopic (exact) mass is 316 g/mol. The van der Waals surface area contributed by atoms with Gasteiger partial charge in [0.1, 0.15) is 11.9 Å². The van der Waals surface area contributed by atoms with Gasteiger partial charge in [-0.1, -0.05) is 22.0 Å². The lowest BCUT2D eigenvalue weighted by atomic mass is 10.2. The number of carbonyl (C=O) groups is 1. The van der Waals surface area contributed by atoms with Crippen molar-refractivity contribution in [3.8, 4) is 0 Å². The van der Waals surface area contributed by atoms with E-state index in [1.165, 1.54) is 12.1 Å². The van der Waals surface area contributed by atoms with Crippen LogP contribution in [0.1, 0.15) is 5.56 Å². The maximum absolute atomic E-state index is 12.9. The molecule has 0 radical (unpaired) electrons. The lowest BCUT2D eigenvalue weighted by Gasteiger charge is -2.23. The van der Waals surface area contributed by atoms with Gasteiger partial charge in [0.2, 0.25) is 5.91 Å². The number of hydrogen-bond acceptors (Lipinski definition) is 3. The van der Waals surface area contributed by atoms with Crippen LogP contribution in [0.25, 0.3) is 0 Å². The molecule has 0 spiro atoms. The van der Waals surface area contributed by atoms with Gasteiger partial charge in [-0.25, -0.2) is 4.39 Å². The maximum atomic E-state index is 12.9. The van der Waals surface area contributed by atoms with Crippen molar-refractivity contribution in [2.24, 2.45) is 0 Å². The molecular formula is C12H14BrFN2O2. The number of halogens is 2. The van der Waals surface area contributed by atoms with E-state index < -0.39 is 0 Å². The first-order chi connectivity index (χ1) is 8.66. The number of hydrogen-bond donors (Lipinski definition) is 2. The van der Waals surface area contributed by atoms with Gasteiger partial charge < -0.3 is 15.4 Å². The van der Waals surface area contributed by atoms with Gasteiger partial charge in [-0.15, -0.1) is 0 Å². The Bertz CT molecular complexity index is 436. The molecule has 1 saturated heterocycles. The molecule has 1 aromatic carbocycles. The summed E-state index contributed by atoms with van der Waals surface area (Å²) in [5, 5.41) is 5.87. The molecule has 0 saturated carbocycles. The van der Waals surface area contributed by atoms with E-state index in [-0.39, 0.29) is 17.8 Å². The fourth-order valence-corrected chi connectivity index (χ4v) is 2.20. The molecule has 0 aliphatic carbocycles. The normalized spacial score (nSPS) is 19.6. The second-order valence-electron chi connectivity index (χ2n) is 4.04. The summed E-state index contributed by atoms with van der Waals surface area (Å²) in [6.45, 7) is 2.06. The minimum Gasteiger partial charge on any atom is -0.378 e. The quantitative estimate of drug-likeness (QED) is 0.881. The highest BCUT2D eigenvalue weighted by Gasteiger charge is 2.20. The van der Waals surface area contributed by atoms with Crippen molar-refractivity contribution in [2.75, 3.05) is 19.8 Å². The van der Waals surface area contributed by atoms with Gasteiger partial charge in [0.25, 0.3) is 0 Å². The zero-order valence-corrected chi connectivity index (χ0v) is 11.3. The van der Waals surface area contributed by atoms with Gasteiger partial charge in [0.05, 0.1) is 13.2 Å². The molecule has 1 aromatic rings. The van der Waals surface area contributed by atoms with Crippen molar-refractivity contribution in [1.29, 1.82) is 0 Å². The molecule has 18 heavy (non-hydrogen) atoms. The Morgan fingerprint density at radius 1 is 1.61 bits per heavy atom. The van der Waals surface area contributed by atoms with E-state index in [1.54, 1.807) is 6.07 Å². The molecule has 0 bridgehead atoms. The summed E-state index contributed by atoms with van der Waals surface area (Å²) in [7, 11) is 0. The van der Waals surface area contributed by atoms with Crippen LogP contribution in [0.5, 0.6) is 0 Å². The molecule has 6 heteroatoms. The summed E-state index contributed by atoms with van der Waals surface area (Å²) in [5.41, 5.74) is 0.835. The number of rotatable bonds is 3. The third-order valence-corrected chi connectivity index (χ3v) is 3.44. The number of carbonyl (C=O) groups excluding carboxylic acids is 1. The summed E-state index contributed by atoms with van der Waals surface area (Å²) in [4.78, 5) is 11.8. The largest absolute Gasteiger partial charge is 0.378 e. The van der Waals surface area contributed by atoms with E-state index in [1.807, 2.05) is 0 Å². The van der Waals surface area contributed by atoms with Gasteiger partial charge in [0.15, 0.2) is 0 Å². The molecule has 1 aliphatic rings. The van der Waals surface area contributed by atoms with Crippen molar-refractivity contribution in [1.82, 2.24) is 10.6 Å². The Morgan fingerprint density at radius 3 is 3.11 bits per heavy atom. The average Bonchev–Trinajstić information content (AvgIpc) is 2.38. The van der Waals surface area contributed by atoms with E-state index in [0.717, 1.165) is 5.56 Å². The Balaban J connectivity index is 1.88. The highest BCUT2D eigenvalue weighted by molar-refractivity contribution is 9.10. The van der Waals surface area contributed by atoms with Crippen molar-refractivity contribution < 1.29 is 13.9 Å². The van der Waals surface area contributed by atoms with Crippen LogP contribution in [0.4, 0.5) is 4.39 Å². The van der Waals surface area contributed by atoms with E-state index in [9.17, 15) is 9.18 Å². The third kappa shape index (κ3) is 3.51. The van der Waals surface area contributed by atoms with Gasteiger partial charge in [-0.3, -0.25) is 4.79 Å². The third-order valence-electron chi connectivity index (χ3n) is 2.71. The number of benzene rings is 1. The molecular weight excluding hydrogens is 303 g/mol. The lowest BCUT2D eigenvalue weighted by Crippen LogP contribution is -2.51. The summed E-state index contributed by atoms with van der Waals surface area (Å²) >= 11 is 3.26. The molecule has 1 unspecified atom stereocenters. The van der Waals surface area contributed by atoms with Crippen molar-refractivity contribution in [2.45, 2.75) is 12.6 Å². The number of morpholine rings is 1. The fourth-order valence-electron chi connectivity index (χ4n) is 1.70. The van der Waals surface area contributed by atoms with Crippen LogP contribution in [0, 0.1) is 5.82 Å². The zero-order valence-electron chi connectivity index (χ0n) is 9.71. The van der Waals surface area contributed by atoms with Crippen LogP contribution < -0.4 is 10.6 Å². The van der Waals surface area contributed by atoms with Crippen LogP contribution in [0.15, 0.2) is 22.7 Å². The Hall–Kier alpha value is -0.980. The van der Waals surface area contributed by atoms with Crippen LogP contribution >= 0.6 is 15.9 Å². The van der Waals surface area contributed by atoms with Gasteiger partial charge >= 0.3 is 0 Å². The molecule has 98 valence electrons. The van der Waals surface area contributed by atoms with Gasteiger partial charge in [-0.2, -0.15) is 0 Å². The molecule has 2 N–H and O–H groups in total. The Kier molecular flexibility index (Phi) is 4.68. The highest BCUT2D eigenvalue weighted by atomic mass is 79.9. The molecule has 1 amide bonds. The summed E-state index contributed by atoms with van der Waals surface area (Å²) in [5.74, 6) is -0.412. The summed E-state index contributed by atoms with van der Waals surface area (Å²) in [6, 6.07) is 4.08. The van der Waals surface area contributed by atoms with E-state index in [0.29, 0.717) is 30.8 Å². The predicted molar refractivity (Wildman–Crippen MR) is 68.6 cm³/mol. The van der Waals surface area contributed by atoms with Crippen LogP contribution in [-0.4, -0.2) is 31.7 Å². The number of ether oxygens (including phenoxy) is 1. The first-order valence-electron chi connectivity index (χ1n) is 5.69. The smallest absolute Gasteiger partial charge is 0.239 e. The first-order valence-corrected chi connectivity index (χ1v) is 6.49. The van der Waals surface area contributed by atoms with Crippen LogP contribution in [0.2, 0.25) is 0 Å². The SMILES string of the molecule is O=C(NCc1ccc(F)cc1Br)C1COCCN1. The van der Waals surface area contributed by atoms with E-state index >= 15 is 0 Å². The summed E-state index contributed by atoms with van der Waals surface area (Å²) in [6.07, 6.45) is 0. The molecule has 4 nitrogen and oxygen atoms in total. The second-order valence-corrected chi connectivity index (χ2v) is 4.89. The molecule has 1 aliphatic heterocycles. The lowest BCUT2D eigenvalue weighted by molar-refractivity contribution is -0.126. The van der Waals surface area contributed by atoms with Crippen LogP contribution in [-0.2, 0) is 16.1 Å². The van der Waals surface area contributed by atoms with Crippen molar-refractivity contribution in [3.63, 3.8) is 0 Å². The van der Waals surface area contributed by atoms with E-state index in [2.05, 4.69) is 26.6 Å². The second kappa shape index (κ2) is 6.26. The minimum absolute atomic E-state index is 0.106. The molecule has 1 heterocycles. The molecule has 1 atom stereocenters. The molecule has 1 fully saturated rings. The van der Waals surface area contributed by atoms with Gasteiger partial charge in [0, 0.05) is 17.6 Å². The van der Waals surface area contributed by atoms with Crippen LogP contribution in [0.3, 0.4) is 0 Å². The first kappa shape index (κ1) is 13.5. The Morgan fingerprint density at radius 2 is 2.44 bits per heavy atom.